The summed E-state index contributed by atoms with van der Waals surface area (Å²) in [5.41, 5.74) is -0.242. The van der Waals surface area contributed by atoms with Gasteiger partial charge in [0, 0.05) is 38.1 Å². The van der Waals surface area contributed by atoms with Gasteiger partial charge in [-0.05, 0) is 69.7 Å². The number of carbonyl (C=O) groups excluding carboxylic acids is 1. The second-order valence-corrected chi connectivity index (χ2v) is 9.61. The van der Waals surface area contributed by atoms with Crippen LogP contribution in [0.1, 0.15) is 36.0 Å². The molecule has 0 radical (unpaired) electrons. The molecule has 4 atom stereocenters. The topological polar surface area (TPSA) is 87.4 Å². The van der Waals surface area contributed by atoms with Crippen molar-refractivity contribution in [2.45, 2.75) is 37.8 Å². The van der Waals surface area contributed by atoms with Gasteiger partial charge in [-0.3, -0.25) is 14.0 Å². The molecule has 1 amide bonds. The molecular weight excluding hydrogens is 396 g/mol. The maximum Gasteiger partial charge on any atom is 0.270 e. The van der Waals surface area contributed by atoms with Gasteiger partial charge < -0.3 is 19.6 Å². The predicted molar refractivity (Wildman–Crippen MR) is 115 cm³/mol. The van der Waals surface area contributed by atoms with Crippen molar-refractivity contribution in [3.05, 3.63) is 40.4 Å². The minimum Gasteiger partial charge on any atom is -0.504 e. The standard InChI is InChI=1S/C23H30N4O4/c1-25(2)18-8-15-11-26(12-16(15)9-20(18)31-13-14-5-6-14)22(29)17-10-24-21-19(28)4-3-7-27(21)23(17)30/h3-4,7,10,14-16,18,20,28H,5-6,8-9,11-13H2,1-2H3/t15-,16+,18-,20-/m1/s1. The van der Waals surface area contributed by atoms with Crippen LogP contribution in [-0.2, 0) is 4.74 Å². The maximum atomic E-state index is 13.2. The van der Waals surface area contributed by atoms with Crippen molar-refractivity contribution < 1.29 is 14.6 Å². The van der Waals surface area contributed by atoms with Gasteiger partial charge >= 0.3 is 0 Å². The third kappa shape index (κ3) is 3.83. The fourth-order valence-electron chi connectivity index (χ4n) is 5.23. The number of hydrogen-bond donors (Lipinski definition) is 1. The number of likely N-dealkylation sites (tertiary alicyclic amines) is 1. The lowest BCUT2D eigenvalue weighted by molar-refractivity contribution is -0.0493. The molecule has 2 saturated carbocycles. The van der Waals surface area contributed by atoms with Gasteiger partial charge in [0.25, 0.3) is 11.5 Å². The van der Waals surface area contributed by atoms with E-state index in [9.17, 15) is 14.7 Å². The number of rotatable bonds is 5. The second kappa shape index (κ2) is 7.91. The maximum absolute atomic E-state index is 13.2. The van der Waals surface area contributed by atoms with Gasteiger partial charge in [-0.1, -0.05) is 0 Å². The smallest absolute Gasteiger partial charge is 0.270 e. The van der Waals surface area contributed by atoms with Crippen LogP contribution >= 0.6 is 0 Å². The molecule has 5 rings (SSSR count). The first kappa shape index (κ1) is 20.5. The van der Waals surface area contributed by atoms with Crippen LogP contribution in [0.5, 0.6) is 5.75 Å². The Morgan fingerprint density at radius 1 is 1.26 bits per heavy atom. The number of hydrogen-bond acceptors (Lipinski definition) is 6. The zero-order chi connectivity index (χ0) is 21.7. The van der Waals surface area contributed by atoms with Crippen LogP contribution in [0.25, 0.3) is 5.65 Å². The highest BCUT2D eigenvalue weighted by molar-refractivity contribution is 5.94. The molecule has 31 heavy (non-hydrogen) atoms. The highest BCUT2D eigenvalue weighted by Gasteiger charge is 2.45. The lowest BCUT2D eigenvalue weighted by Gasteiger charge is -2.41. The van der Waals surface area contributed by atoms with E-state index in [4.69, 9.17) is 4.74 Å². The van der Waals surface area contributed by atoms with Gasteiger partial charge in [0.05, 0.1) is 6.10 Å². The summed E-state index contributed by atoms with van der Waals surface area (Å²) in [5, 5.41) is 9.92. The Morgan fingerprint density at radius 3 is 2.71 bits per heavy atom. The van der Waals surface area contributed by atoms with Crippen LogP contribution in [0.15, 0.2) is 29.3 Å². The number of aromatic hydroxyl groups is 1. The predicted octanol–water partition coefficient (Wildman–Crippen LogP) is 1.61. The fraction of sp³-hybridized carbons (Fsp3) is 0.609. The monoisotopic (exact) mass is 426 g/mol. The van der Waals surface area contributed by atoms with Gasteiger partial charge in [-0.25, -0.2) is 4.98 Å². The normalized spacial score (nSPS) is 28.3. The Balaban J connectivity index is 1.34. The van der Waals surface area contributed by atoms with Crippen LogP contribution in [-0.4, -0.2) is 76.1 Å². The van der Waals surface area contributed by atoms with E-state index < -0.39 is 5.56 Å². The van der Waals surface area contributed by atoms with E-state index in [0.29, 0.717) is 31.0 Å². The molecular formula is C23H30N4O4. The molecule has 8 heteroatoms. The molecule has 3 aliphatic rings. The molecule has 0 bridgehead atoms. The van der Waals surface area contributed by atoms with Gasteiger partial charge in [-0.2, -0.15) is 0 Å². The molecule has 3 heterocycles. The molecule has 0 spiro atoms. The number of nitrogens with zero attached hydrogens (tertiary/aromatic N) is 4. The summed E-state index contributed by atoms with van der Waals surface area (Å²) < 4.78 is 7.55. The average molecular weight is 427 g/mol. The molecule has 2 aromatic rings. The van der Waals surface area contributed by atoms with Gasteiger partial charge in [0.2, 0.25) is 0 Å². The van der Waals surface area contributed by atoms with Gasteiger partial charge in [0.1, 0.15) is 5.56 Å². The third-order valence-electron chi connectivity index (χ3n) is 7.22. The summed E-state index contributed by atoms with van der Waals surface area (Å²) in [7, 11) is 4.21. The van der Waals surface area contributed by atoms with Crippen LogP contribution in [0, 0.1) is 17.8 Å². The van der Waals surface area contributed by atoms with Gasteiger partial charge in [-0.15, -0.1) is 0 Å². The fourth-order valence-corrected chi connectivity index (χ4v) is 5.23. The lowest BCUT2D eigenvalue weighted by Crippen LogP contribution is -2.48. The van der Waals surface area contributed by atoms with E-state index in [-0.39, 0.29) is 29.0 Å². The molecule has 1 aliphatic heterocycles. The summed E-state index contributed by atoms with van der Waals surface area (Å²) in [4.78, 5) is 34.3. The summed E-state index contributed by atoms with van der Waals surface area (Å²) in [6, 6.07) is 3.39. The van der Waals surface area contributed by atoms with Crippen molar-refractivity contribution in [3.63, 3.8) is 0 Å². The highest BCUT2D eigenvalue weighted by atomic mass is 16.5. The van der Waals surface area contributed by atoms with Crippen LogP contribution in [0.4, 0.5) is 0 Å². The SMILES string of the molecule is CN(C)[C@@H]1C[C@@H]2CN(C(=O)c3cnc4c(O)cccn4c3=O)C[C@@H]2C[C@H]1OCC1CC1. The lowest BCUT2D eigenvalue weighted by atomic mass is 9.77. The molecule has 2 aromatic heterocycles. The Kier molecular flexibility index (Phi) is 5.22. The van der Waals surface area contributed by atoms with E-state index in [1.165, 1.54) is 35.7 Å². The number of carbonyl (C=O) groups is 1. The first-order valence-electron chi connectivity index (χ1n) is 11.2. The number of pyridine rings is 1. The largest absolute Gasteiger partial charge is 0.504 e. The molecule has 1 N–H and O–H groups in total. The van der Waals surface area contributed by atoms with Crippen molar-refractivity contribution in [3.8, 4) is 5.75 Å². The van der Waals surface area contributed by atoms with Crippen molar-refractivity contribution in [1.82, 2.24) is 19.2 Å². The van der Waals surface area contributed by atoms with E-state index in [1.807, 2.05) is 0 Å². The molecule has 166 valence electrons. The number of fused-ring (bicyclic) bond motifs is 2. The Hall–Kier alpha value is -2.45. The van der Waals surface area contributed by atoms with Crippen molar-refractivity contribution in [2.75, 3.05) is 33.8 Å². The Bertz CT molecular complexity index is 1050. The highest BCUT2D eigenvalue weighted by Crippen LogP contribution is 2.40. The van der Waals surface area contributed by atoms with E-state index >= 15 is 0 Å². The minimum atomic E-state index is -0.447. The first-order valence-corrected chi connectivity index (χ1v) is 11.2. The van der Waals surface area contributed by atoms with E-state index in [0.717, 1.165) is 25.4 Å². The van der Waals surface area contributed by atoms with E-state index in [2.05, 4.69) is 24.0 Å². The Morgan fingerprint density at radius 2 is 2.00 bits per heavy atom. The van der Waals surface area contributed by atoms with Crippen LogP contribution in [0.2, 0.25) is 0 Å². The third-order valence-corrected chi connectivity index (χ3v) is 7.22. The van der Waals surface area contributed by atoms with E-state index in [1.54, 1.807) is 11.0 Å². The van der Waals surface area contributed by atoms with Crippen molar-refractivity contribution >= 4 is 11.6 Å². The van der Waals surface area contributed by atoms with Crippen LogP contribution < -0.4 is 5.56 Å². The Labute approximate surface area is 181 Å². The minimum absolute atomic E-state index is 0.0486. The quantitative estimate of drug-likeness (QED) is 0.782. The zero-order valence-electron chi connectivity index (χ0n) is 18.1. The molecule has 8 nitrogen and oxygen atoms in total. The number of likely N-dealkylation sites (N-methyl/N-ethyl adjacent to an activating group) is 1. The number of aromatic nitrogens is 2. The summed E-state index contributed by atoms with van der Waals surface area (Å²) >= 11 is 0. The number of ether oxygens (including phenoxy) is 1. The molecule has 3 fully saturated rings. The summed E-state index contributed by atoms with van der Waals surface area (Å²) in [6.07, 6.45) is 7.52. The van der Waals surface area contributed by atoms with Crippen LogP contribution in [0.3, 0.4) is 0 Å². The molecule has 1 saturated heterocycles. The molecule has 0 unspecified atom stereocenters. The number of amides is 1. The summed E-state index contributed by atoms with van der Waals surface area (Å²) in [5.74, 6) is 1.18. The zero-order valence-corrected chi connectivity index (χ0v) is 18.1. The molecule has 0 aromatic carbocycles. The van der Waals surface area contributed by atoms with Crippen molar-refractivity contribution in [1.29, 1.82) is 0 Å². The average Bonchev–Trinajstić information content (AvgIpc) is 3.49. The second-order valence-electron chi connectivity index (χ2n) is 9.61. The first-order chi connectivity index (χ1) is 14.9. The molecule has 2 aliphatic carbocycles. The van der Waals surface area contributed by atoms with Crippen molar-refractivity contribution in [2.24, 2.45) is 17.8 Å². The van der Waals surface area contributed by atoms with Gasteiger partial charge in [0.15, 0.2) is 11.4 Å². The summed E-state index contributed by atoms with van der Waals surface area (Å²) in [6.45, 7) is 2.15.